The molecule has 6 nitrogen and oxygen atoms in total. The summed E-state index contributed by atoms with van der Waals surface area (Å²) in [5.74, 6) is 0.330. The Balaban J connectivity index is 1.00. The van der Waals surface area contributed by atoms with Gasteiger partial charge < -0.3 is 28.8 Å². The lowest BCUT2D eigenvalue weighted by molar-refractivity contribution is 0.105. The topological polar surface area (TPSA) is 68.8 Å². The maximum absolute atomic E-state index is 16.5. The van der Waals surface area contributed by atoms with Gasteiger partial charge in [0.15, 0.2) is 0 Å². The zero-order valence-corrected chi connectivity index (χ0v) is 62.8. The first-order valence-corrected chi connectivity index (χ1v) is 35.7. The van der Waals surface area contributed by atoms with Gasteiger partial charge in [0, 0.05) is 43.8 Å². The number of hydrogen-bond acceptors (Lipinski definition) is 4. The fourth-order valence-corrected chi connectivity index (χ4v) is 16.1. The van der Waals surface area contributed by atoms with Crippen molar-refractivity contribution in [3.63, 3.8) is 0 Å². The van der Waals surface area contributed by atoms with Crippen molar-refractivity contribution in [2.75, 3.05) is 13.2 Å². The third-order valence-electron chi connectivity index (χ3n) is 20.9. The van der Waals surface area contributed by atoms with Crippen molar-refractivity contribution < 1.29 is 28.5 Å². The first kappa shape index (κ1) is 70.7. The number of rotatable bonds is 14. The monoisotopic (exact) mass is 1310 g/mol. The number of fused-ring (bicyclic) bond motifs is 6. The van der Waals surface area contributed by atoms with Gasteiger partial charge in [-0.15, -0.1) is 0 Å². The molecule has 0 aliphatic heterocycles. The summed E-state index contributed by atoms with van der Waals surface area (Å²) in [6.45, 7) is 52.0. The number of ether oxygens (including phenoxy) is 2. The molecule has 8 heteroatoms. The number of phenols is 2. The van der Waals surface area contributed by atoms with Crippen molar-refractivity contribution in [1.82, 2.24) is 9.13 Å². The normalized spacial score (nSPS) is 15.8. The molecule has 2 heterocycles. The lowest BCUT2D eigenvalue weighted by Gasteiger charge is -2.34. The van der Waals surface area contributed by atoms with Crippen molar-refractivity contribution in [1.29, 1.82) is 0 Å². The number of phenolic OH excluding ortho intramolecular Hbond substituents is 2. The van der Waals surface area contributed by atoms with E-state index < -0.39 is 11.6 Å². The van der Waals surface area contributed by atoms with E-state index in [0.717, 1.165) is 93.3 Å². The predicted molar refractivity (Wildman–Crippen MR) is 406 cm³/mol. The molecule has 0 saturated heterocycles. The predicted octanol–water partition coefficient (Wildman–Crippen LogP) is 25.1. The van der Waals surface area contributed by atoms with Gasteiger partial charge in [0.05, 0.1) is 46.7 Å². The Bertz CT molecular complexity index is 4520. The Kier molecular flexibility index (Phi) is 18.2. The van der Waals surface area contributed by atoms with E-state index in [0.29, 0.717) is 63.9 Å². The summed E-state index contributed by atoms with van der Waals surface area (Å²) < 4.78 is 51.5. The van der Waals surface area contributed by atoms with Crippen LogP contribution in [0.1, 0.15) is 230 Å². The van der Waals surface area contributed by atoms with Crippen LogP contribution in [0.5, 0.6) is 23.0 Å². The Hall–Kier alpha value is -7.58. The highest BCUT2D eigenvalue weighted by molar-refractivity contribution is 6.11. The average Bonchev–Trinajstić information content (AvgIpc) is 1.63. The van der Waals surface area contributed by atoms with Crippen LogP contribution in [0.3, 0.4) is 0 Å². The molecule has 10 aromatic rings. The Morgan fingerprint density at radius 3 is 1.09 bits per heavy atom. The molecule has 2 atom stereocenters. The fourth-order valence-electron chi connectivity index (χ4n) is 16.1. The van der Waals surface area contributed by atoms with Crippen LogP contribution >= 0.6 is 0 Å². The van der Waals surface area contributed by atoms with Gasteiger partial charge >= 0.3 is 0 Å². The average molecular weight is 1310 g/mol. The molecule has 514 valence electrons. The Morgan fingerprint density at radius 1 is 0.381 bits per heavy atom. The fraction of sp³-hybridized carbons (Fsp3) is 0.461. The lowest BCUT2D eigenvalue weighted by Crippen LogP contribution is -2.30. The maximum atomic E-state index is 16.5. The van der Waals surface area contributed by atoms with E-state index in [9.17, 15) is 10.2 Å². The van der Waals surface area contributed by atoms with Gasteiger partial charge in [-0.3, -0.25) is 0 Å². The van der Waals surface area contributed by atoms with Crippen LogP contribution < -0.4 is 9.47 Å². The van der Waals surface area contributed by atoms with Crippen LogP contribution in [0.25, 0.3) is 77.2 Å². The summed E-state index contributed by atoms with van der Waals surface area (Å²) in [7, 11) is 0. The minimum atomic E-state index is -0.431. The SMILES string of the molecule is Cc1cc(F)cc(-c2cc(C(C)(C)CC(C)(C)C)cc(-n3c4cc(C(C)(C)C)ccc4c4ccc(C(C)(C)C)cc43)c2O)c1OC[C@@H]1CCCC[C@H]1COc1ccc(F)cc1-c1cc(C(C)(C)CC(C)(C)C)cc(-n2c3cc(C(C)(C)C)ccc3c3ccc(C(C)(C)C)cc32)c1O. The van der Waals surface area contributed by atoms with E-state index in [1.807, 2.05) is 6.92 Å². The number of benzene rings is 8. The molecule has 1 fully saturated rings. The zero-order chi connectivity index (χ0) is 70.8. The number of halogens is 2. The molecule has 2 aromatic heterocycles. The van der Waals surface area contributed by atoms with E-state index in [4.69, 9.17) is 9.47 Å². The summed E-state index contributed by atoms with van der Waals surface area (Å²) in [4.78, 5) is 0. The number of hydrogen-bond donors (Lipinski definition) is 2. The summed E-state index contributed by atoms with van der Waals surface area (Å²) in [5, 5.41) is 31.0. The van der Waals surface area contributed by atoms with Crippen LogP contribution in [0.15, 0.2) is 127 Å². The lowest BCUT2D eigenvalue weighted by atomic mass is 9.71. The van der Waals surface area contributed by atoms with Crippen LogP contribution in [-0.4, -0.2) is 32.6 Å². The van der Waals surface area contributed by atoms with Gasteiger partial charge in [0.25, 0.3) is 0 Å². The van der Waals surface area contributed by atoms with Crippen LogP contribution in [0, 0.1) is 41.2 Å². The van der Waals surface area contributed by atoms with Crippen molar-refractivity contribution in [2.24, 2.45) is 22.7 Å². The van der Waals surface area contributed by atoms with E-state index >= 15 is 8.78 Å². The van der Waals surface area contributed by atoms with Gasteiger partial charge in [0.2, 0.25) is 0 Å². The molecule has 0 radical (unpaired) electrons. The third-order valence-corrected chi connectivity index (χ3v) is 20.9. The quantitative estimate of drug-likeness (QED) is 0.114. The summed E-state index contributed by atoms with van der Waals surface area (Å²) in [6, 6.07) is 43.2. The highest BCUT2D eigenvalue weighted by atomic mass is 19.1. The molecular weight excluding hydrogens is 1200 g/mol. The highest BCUT2D eigenvalue weighted by Crippen LogP contribution is 2.52. The van der Waals surface area contributed by atoms with Gasteiger partial charge in [-0.25, -0.2) is 8.78 Å². The van der Waals surface area contributed by atoms with Crippen LogP contribution in [-0.2, 0) is 32.5 Å². The first-order valence-electron chi connectivity index (χ1n) is 35.7. The Morgan fingerprint density at radius 2 is 0.732 bits per heavy atom. The third kappa shape index (κ3) is 14.4. The van der Waals surface area contributed by atoms with Crippen molar-refractivity contribution >= 4 is 43.6 Å². The number of aromatic nitrogens is 2. The molecule has 2 N–H and O–H groups in total. The van der Waals surface area contributed by atoms with Gasteiger partial charge in [-0.2, -0.15) is 0 Å². The molecule has 0 amide bonds. The molecule has 1 aliphatic rings. The van der Waals surface area contributed by atoms with Crippen LogP contribution in [0.4, 0.5) is 8.78 Å². The largest absolute Gasteiger partial charge is 0.505 e. The molecular formula is C89H110F2N2O4. The summed E-state index contributed by atoms with van der Waals surface area (Å²) in [5.41, 5.74) is 13.2. The van der Waals surface area contributed by atoms with E-state index in [2.05, 4.69) is 259 Å². The molecule has 0 bridgehead atoms. The second-order valence-electron chi connectivity index (χ2n) is 36.8. The molecule has 0 spiro atoms. The second kappa shape index (κ2) is 25.0. The molecule has 11 rings (SSSR count). The van der Waals surface area contributed by atoms with E-state index in [1.54, 1.807) is 6.07 Å². The van der Waals surface area contributed by atoms with Crippen molar-refractivity contribution in [2.45, 2.75) is 230 Å². The minimum absolute atomic E-state index is 0.0376. The van der Waals surface area contributed by atoms with Gasteiger partial charge in [0.1, 0.15) is 34.6 Å². The summed E-state index contributed by atoms with van der Waals surface area (Å²) >= 11 is 0. The molecule has 97 heavy (non-hydrogen) atoms. The number of aromatic hydroxyl groups is 2. The second-order valence-corrected chi connectivity index (χ2v) is 36.8. The zero-order valence-electron chi connectivity index (χ0n) is 62.8. The Labute approximate surface area is 578 Å². The first-order chi connectivity index (χ1) is 44.9. The molecule has 1 saturated carbocycles. The minimum Gasteiger partial charge on any atom is -0.505 e. The van der Waals surface area contributed by atoms with E-state index in [1.165, 1.54) is 46.5 Å². The highest BCUT2D eigenvalue weighted by Gasteiger charge is 2.36. The maximum Gasteiger partial charge on any atom is 0.147 e. The number of aryl methyl sites for hydroxylation is 1. The molecule has 0 unspecified atom stereocenters. The molecule has 1 aliphatic carbocycles. The van der Waals surface area contributed by atoms with Gasteiger partial charge in [-0.1, -0.05) is 214 Å². The van der Waals surface area contributed by atoms with Crippen molar-refractivity contribution in [3.8, 4) is 56.6 Å². The summed E-state index contributed by atoms with van der Waals surface area (Å²) in [6.07, 6.45) is 5.48. The standard InChI is InChI=1S/C89H110F2N2O4/c1-53-38-63(91)48-71(70-40-61(89(22,23)52-83(5,6)7)46-77(80(70)95)93-74-43-58(86(14,15)16)30-35-66(74)67-36-31-59(44-75(67)93)87(17,18)19)81(53)97-50-55-27-25-24-26-54(55)49-96-78-37-32-62(90)47-68(78)69-39-60(88(20,21)51-82(2,3)4)45-76(79(69)94)92-72-41-56(84(8,9)10)28-33-64(72)65-34-29-57(42-73(65)92)85(11,12)13/h28-48,54-55,94-95H,24-27,49-52H2,1-23H3/t54-,55-/m0/s1. The smallest absolute Gasteiger partial charge is 0.147 e. The molecule has 8 aromatic carbocycles. The van der Waals surface area contributed by atoms with Crippen molar-refractivity contribution in [3.05, 3.63) is 178 Å². The van der Waals surface area contributed by atoms with Crippen LogP contribution in [0.2, 0.25) is 0 Å². The van der Waals surface area contributed by atoms with Gasteiger partial charge in [-0.05, 0) is 206 Å². The number of nitrogens with zero attached hydrogens (tertiary/aromatic N) is 2. The van der Waals surface area contributed by atoms with E-state index in [-0.39, 0.29) is 66.7 Å².